The van der Waals surface area contributed by atoms with Crippen molar-refractivity contribution in [3.63, 3.8) is 0 Å². The van der Waals surface area contributed by atoms with Crippen molar-refractivity contribution < 1.29 is 12.8 Å². The van der Waals surface area contributed by atoms with Gasteiger partial charge in [0.05, 0.1) is 12.3 Å². The fourth-order valence-corrected chi connectivity index (χ4v) is 2.30. The van der Waals surface area contributed by atoms with E-state index >= 15 is 0 Å². The molecule has 6 heteroatoms. The molecule has 1 heterocycles. The smallest absolute Gasteiger partial charge is 0.212 e. The Balaban J connectivity index is 2.36. The van der Waals surface area contributed by atoms with E-state index in [-0.39, 0.29) is 12.3 Å². The standard InChI is InChI=1S/C10H18N2O3S/c1-9-4-5-10(15-9)8-12-16(13,14)7-3-6-11-2/h4-5,11-12H,3,6-8H2,1-2H3. The molecule has 0 amide bonds. The number of hydrogen-bond acceptors (Lipinski definition) is 4. The average Bonchev–Trinajstić information content (AvgIpc) is 2.62. The summed E-state index contributed by atoms with van der Waals surface area (Å²) in [6.07, 6.45) is 0.600. The maximum absolute atomic E-state index is 11.5. The van der Waals surface area contributed by atoms with Crippen molar-refractivity contribution >= 4 is 10.0 Å². The van der Waals surface area contributed by atoms with Gasteiger partial charge in [-0.3, -0.25) is 0 Å². The molecule has 16 heavy (non-hydrogen) atoms. The summed E-state index contributed by atoms with van der Waals surface area (Å²) in [5.41, 5.74) is 0. The minimum atomic E-state index is -3.19. The van der Waals surface area contributed by atoms with Crippen molar-refractivity contribution in [3.05, 3.63) is 23.7 Å². The van der Waals surface area contributed by atoms with Crippen molar-refractivity contribution in [3.8, 4) is 0 Å². The van der Waals surface area contributed by atoms with Gasteiger partial charge in [-0.2, -0.15) is 0 Å². The van der Waals surface area contributed by atoms with Gasteiger partial charge in [0.25, 0.3) is 0 Å². The molecule has 0 atom stereocenters. The first-order valence-electron chi connectivity index (χ1n) is 5.21. The number of aryl methyl sites for hydroxylation is 1. The third-order valence-corrected chi connectivity index (χ3v) is 3.51. The van der Waals surface area contributed by atoms with Crippen molar-refractivity contribution in [1.29, 1.82) is 0 Å². The molecule has 0 aliphatic rings. The molecule has 1 aromatic heterocycles. The van der Waals surface area contributed by atoms with Crippen LogP contribution in [0.25, 0.3) is 0 Å². The van der Waals surface area contributed by atoms with Gasteiger partial charge in [-0.25, -0.2) is 13.1 Å². The zero-order valence-corrected chi connectivity index (χ0v) is 10.4. The van der Waals surface area contributed by atoms with E-state index in [9.17, 15) is 8.42 Å². The van der Waals surface area contributed by atoms with Gasteiger partial charge in [0.2, 0.25) is 10.0 Å². The molecule has 0 aliphatic heterocycles. The maximum Gasteiger partial charge on any atom is 0.212 e. The molecular weight excluding hydrogens is 228 g/mol. The number of sulfonamides is 1. The van der Waals surface area contributed by atoms with E-state index in [1.165, 1.54) is 0 Å². The Labute approximate surface area is 96.3 Å². The van der Waals surface area contributed by atoms with Crippen LogP contribution in [0.2, 0.25) is 0 Å². The van der Waals surface area contributed by atoms with E-state index in [1.54, 1.807) is 13.1 Å². The SMILES string of the molecule is CNCCCS(=O)(=O)NCc1ccc(C)o1. The Morgan fingerprint density at radius 1 is 1.38 bits per heavy atom. The van der Waals surface area contributed by atoms with Crippen LogP contribution >= 0.6 is 0 Å². The minimum absolute atomic E-state index is 0.132. The average molecular weight is 246 g/mol. The highest BCUT2D eigenvalue weighted by Crippen LogP contribution is 2.06. The predicted octanol–water partition coefficient (Wildman–Crippen LogP) is 0.617. The predicted molar refractivity (Wildman–Crippen MR) is 62.6 cm³/mol. The Bertz CT molecular complexity index is 411. The molecule has 0 radical (unpaired) electrons. The Morgan fingerprint density at radius 2 is 2.12 bits per heavy atom. The summed E-state index contributed by atoms with van der Waals surface area (Å²) in [6.45, 7) is 2.74. The summed E-state index contributed by atoms with van der Waals surface area (Å²) in [7, 11) is -1.40. The lowest BCUT2D eigenvalue weighted by molar-refractivity contribution is 0.475. The molecule has 0 fully saturated rings. The second-order valence-corrected chi connectivity index (χ2v) is 5.54. The number of hydrogen-bond donors (Lipinski definition) is 2. The molecule has 0 aromatic carbocycles. The highest BCUT2D eigenvalue weighted by Gasteiger charge is 2.10. The fraction of sp³-hybridized carbons (Fsp3) is 0.600. The van der Waals surface area contributed by atoms with Gasteiger partial charge < -0.3 is 9.73 Å². The van der Waals surface area contributed by atoms with Crippen molar-refractivity contribution in [1.82, 2.24) is 10.0 Å². The van der Waals surface area contributed by atoms with Crippen LogP contribution in [0.4, 0.5) is 0 Å². The first-order chi connectivity index (χ1) is 7.53. The molecule has 5 nitrogen and oxygen atoms in total. The number of furan rings is 1. The summed E-state index contributed by atoms with van der Waals surface area (Å²) in [6, 6.07) is 3.58. The van der Waals surface area contributed by atoms with Crippen molar-refractivity contribution in [2.24, 2.45) is 0 Å². The second-order valence-electron chi connectivity index (χ2n) is 3.61. The quantitative estimate of drug-likeness (QED) is 0.692. The molecule has 0 bridgehead atoms. The Kier molecular flexibility index (Phi) is 4.98. The topological polar surface area (TPSA) is 71.3 Å². The zero-order valence-electron chi connectivity index (χ0n) is 9.62. The highest BCUT2D eigenvalue weighted by molar-refractivity contribution is 7.89. The molecule has 1 aromatic rings. The van der Waals surface area contributed by atoms with Gasteiger partial charge in [0.15, 0.2) is 0 Å². The van der Waals surface area contributed by atoms with Crippen LogP contribution in [0, 0.1) is 6.92 Å². The molecule has 0 saturated carbocycles. The number of rotatable bonds is 7. The summed E-state index contributed by atoms with van der Waals surface area (Å²) >= 11 is 0. The van der Waals surface area contributed by atoms with Gasteiger partial charge in [0.1, 0.15) is 11.5 Å². The summed E-state index contributed by atoms with van der Waals surface area (Å²) < 4.78 is 30.8. The van der Waals surface area contributed by atoms with E-state index in [1.807, 2.05) is 13.0 Å². The lowest BCUT2D eigenvalue weighted by Crippen LogP contribution is -2.27. The molecule has 0 spiro atoms. The fourth-order valence-electron chi connectivity index (χ4n) is 1.27. The van der Waals surface area contributed by atoms with Crippen LogP contribution in [0.15, 0.2) is 16.5 Å². The lowest BCUT2D eigenvalue weighted by atomic mass is 10.4. The maximum atomic E-state index is 11.5. The molecule has 92 valence electrons. The third-order valence-electron chi connectivity index (χ3n) is 2.10. The Hall–Kier alpha value is -0.850. The van der Waals surface area contributed by atoms with E-state index in [2.05, 4.69) is 10.0 Å². The van der Waals surface area contributed by atoms with E-state index < -0.39 is 10.0 Å². The molecule has 0 unspecified atom stereocenters. The van der Waals surface area contributed by atoms with Gasteiger partial charge in [-0.15, -0.1) is 0 Å². The monoisotopic (exact) mass is 246 g/mol. The normalized spacial score (nSPS) is 11.9. The van der Waals surface area contributed by atoms with E-state index in [0.717, 1.165) is 5.76 Å². The molecule has 1 rings (SSSR count). The minimum Gasteiger partial charge on any atom is -0.465 e. The lowest BCUT2D eigenvalue weighted by Gasteiger charge is -2.04. The Morgan fingerprint density at radius 3 is 2.69 bits per heavy atom. The number of nitrogens with one attached hydrogen (secondary N) is 2. The zero-order chi connectivity index (χ0) is 12.0. The second kappa shape index (κ2) is 6.03. The van der Waals surface area contributed by atoms with Crippen LogP contribution in [0.5, 0.6) is 0 Å². The van der Waals surface area contributed by atoms with Crippen LogP contribution in [0.1, 0.15) is 17.9 Å². The third kappa shape index (κ3) is 4.78. The molecular formula is C10H18N2O3S. The van der Waals surface area contributed by atoms with Gasteiger partial charge in [-0.1, -0.05) is 0 Å². The molecule has 0 saturated heterocycles. The van der Waals surface area contributed by atoms with Gasteiger partial charge in [-0.05, 0) is 39.1 Å². The summed E-state index contributed by atoms with van der Waals surface area (Å²) in [5, 5.41) is 2.91. The van der Waals surface area contributed by atoms with Crippen molar-refractivity contribution in [2.45, 2.75) is 19.9 Å². The van der Waals surface area contributed by atoms with E-state index in [4.69, 9.17) is 4.42 Å². The summed E-state index contributed by atoms with van der Waals surface area (Å²) in [4.78, 5) is 0. The van der Waals surface area contributed by atoms with Crippen LogP contribution in [0.3, 0.4) is 0 Å². The van der Waals surface area contributed by atoms with E-state index in [0.29, 0.717) is 18.7 Å². The van der Waals surface area contributed by atoms with Crippen LogP contribution < -0.4 is 10.0 Å². The van der Waals surface area contributed by atoms with Crippen LogP contribution in [-0.2, 0) is 16.6 Å². The van der Waals surface area contributed by atoms with Crippen LogP contribution in [-0.4, -0.2) is 27.8 Å². The van der Waals surface area contributed by atoms with Crippen molar-refractivity contribution in [2.75, 3.05) is 19.3 Å². The van der Waals surface area contributed by atoms with Gasteiger partial charge in [0, 0.05) is 0 Å². The highest BCUT2D eigenvalue weighted by atomic mass is 32.2. The van der Waals surface area contributed by atoms with Gasteiger partial charge >= 0.3 is 0 Å². The first kappa shape index (κ1) is 13.2. The summed E-state index contributed by atoms with van der Waals surface area (Å²) in [5.74, 6) is 1.55. The first-order valence-corrected chi connectivity index (χ1v) is 6.86. The molecule has 2 N–H and O–H groups in total. The molecule has 0 aliphatic carbocycles. The largest absolute Gasteiger partial charge is 0.465 e.